The average Bonchev–Trinajstić information content (AvgIpc) is 2.73. The largest absolute Gasteiger partial charge is 0.455 e. The van der Waals surface area contributed by atoms with Crippen molar-refractivity contribution in [2.45, 2.75) is 50.9 Å². The summed E-state index contributed by atoms with van der Waals surface area (Å²) in [5.74, 6) is 0.714. The molecule has 2 aromatic carbocycles. The van der Waals surface area contributed by atoms with E-state index >= 15 is 0 Å². The van der Waals surface area contributed by atoms with Crippen molar-refractivity contribution in [1.82, 2.24) is 0 Å². The molecule has 1 amide bonds. The molecule has 4 fully saturated rings. The van der Waals surface area contributed by atoms with E-state index < -0.39 is 5.41 Å². The number of amides is 1. The van der Waals surface area contributed by atoms with E-state index in [2.05, 4.69) is 35.6 Å². The Kier molecular flexibility index (Phi) is 4.68. The molecule has 0 saturated heterocycles. The van der Waals surface area contributed by atoms with Crippen LogP contribution in [0.1, 0.15) is 49.7 Å². The molecule has 0 heterocycles. The molecule has 4 nitrogen and oxygen atoms in total. The maximum atomic E-state index is 13.3. The number of ether oxygens (including phenoxy) is 1. The normalized spacial score (nSPS) is 31.4. The first-order chi connectivity index (χ1) is 14.5. The Labute approximate surface area is 178 Å². The zero-order valence-corrected chi connectivity index (χ0v) is 17.5. The quantitative estimate of drug-likeness (QED) is 0.714. The van der Waals surface area contributed by atoms with E-state index in [0.717, 1.165) is 30.5 Å². The smallest absolute Gasteiger partial charge is 0.312 e. The van der Waals surface area contributed by atoms with Gasteiger partial charge in [0.05, 0.1) is 5.41 Å². The first-order valence-corrected chi connectivity index (χ1v) is 11.1. The van der Waals surface area contributed by atoms with Crippen LogP contribution in [0.5, 0.6) is 0 Å². The number of hydrogen-bond acceptors (Lipinski definition) is 3. The highest BCUT2D eigenvalue weighted by atomic mass is 16.5. The van der Waals surface area contributed by atoms with Gasteiger partial charge in [0, 0.05) is 5.69 Å². The number of rotatable bonds is 5. The fourth-order valence-corrected chi connectivity index (χ4v) is 6.75. The van der Waals surface area contributed by atoms with E-state index in [4.69, 9.17) is 4.74 Å². The van der Waals surface area contributed by atoms with Crippen molar-refractivity contribution in [1.29, 1.82) is 0 Å². The van der Waals surface area contributed by atoms with Gasteiger partial charge in [-0.05, 0) is 80.4 Å². The maximum absolute atomic E-state index is 13.3. The molecule has 2 atom stereocenters. The number of carbonyl (C=O) groups is 2. The molecule has 30 heavy (non-hydrogen) atoms. The molecule has 0 spiro atoms. The van der Waals surface area contributed by atoms with E-state index in [1.165, 1.54) is 24.8 Å². The number of anilines is 1. The lowest BCUT2D eigenvalue weighted by Crippen LogP contribution is -2.57. The van der Waals surface area contributed by atoms with Gasteiger partial charge in [0.15, 0.2) is 6.61 Å². The summed E-state index contributed by atoms with van der Waals surface area (Å²) >= 11 is 0. The molecule has 4 bridgehead atoms. The van der Waals surface area contributed by atoms with Crippen LogP contribution in [0.3, 0.4) is 0 Å². The summed E-state index contributed by atoms with van der Waals surface area (Å²) in [6.07, 6.45) is 6.27. The lowest BCUT2D eigenvalue weighted by Gasteiger charge is -2.61. The van der Waals surface area contributed by atoms with E-state index in [1.54, 1.807) is 0 Å². The third-order valence-electron chi connectivity index (χ3n) is 7.55. The second kappa shape index (κ2) is 7.26. The number of aryl methyl sites for hydroxylation is 1. The van der Waals surface area contributed by atoms with Crippen molar-refractivity contribution >= 4 is 17.6 Å². The summed E-state index contributed by atoms with van der Waals surface area (Å²) in [7, 11) is 0. The SMILES string of the molecule is Cc1ccc(NC(=O)COC(=O)C23C[C@H]4C[C@H](C2)CC(c2ccccc2)(C4)C3)cc1. The fourth-order valence-electron chi connectivity index (χ4n) is 6.75. The monoisotopic (exact) mass is 403 g/mol. The Balaban J connectivity index is 1.28. The molecule has 1 N–H and O–H groups in total. The molecule has 2 aromatic rings. The van der Waals surface area contributed by atoms with Crippen molar-refractivity contribution in [3.63, 3.8) is 0 Å². The highest BCUT2D eigenvalue weighted by Crippen LogP contribution is 2.66. The third kappa shape index (κ3) is 3.42. The van der Waals surface area contributed by atoms with Crippen molar-refractivity contribution in [3.8, 4) is 0 Å². The summed E-state index contributed by atoms with van der Waals surface area (Å²) in [5, 5.41) is 2.82. The molecule has 4 aliphatic carbocycles. The minimum Gasteiger partial charge on any atom is -0.455 e. The number of nitrogens with one attached hydrogen (secondary N) is 1. The lowest BCUT2D eigenvalue weighted by atomic mass is 9.43. The predicted octanol–water partition coefficient (Wildman–Crippen LogP) is 5.01. The summed E-state index contributed by atoms with van der Waals surface area (Å²) in [4.78, 5) is 25.6. The highest BCUT2D eigenvalue weighted by Gasteiger charge is 2.61. The summed E-state index contributed by atoms with van der Waals surface area (Å²) in [5.41, 5.74) is 2.89. The van der Waals surface area contributed by atoms with Crippen molar-refractivity contribution in [3.05, 3.63) is 65.7 Å². The van der Waals surface area contributed by atoms with Crippen molar-refractivity contribution in [2.24, 2.45) is 17.3 Å². The molecule has 156 valence electrons. The van der Waals surface area contributed by atoms with Crippen LogP contribution in [0, 0.1) is 24.2 Å². The van der Waals surface area contributed by atoms with Crippen LogP contribution in [-0.2, 0) is 19.7 Å². The Morgan fingerprint density at radius 3 is 2.30 bits per heavy atom. The van der Waals surface area contributed by atoms with Crippen LogP contribution >= 0.6 is 0 Å². The summed E-state index contributed by atoms with van der Waals surface area (Å²) < 4.78 is 5.61. The van der Waals surface area contributed by atoms with E-state index in [9.17, 15) is 9.59 Å². The van der Waals surface area contributed by atoms with Gasteiger partial charge in [-0.2, -0.15) is 0 Å². The molecular weight excluding hydrogens is 374 g/mol. The third-order valence-corrected chi connectivity index (χ3v) is 7.55. The van der Waals surface area contributed by atoms with E-state index in [1.807, 2.05) is 31.2 Å². The Bertz CT molecular complexity index is 936. The maximum Gasteiger partial charge on any atom is 0.312 e. The Hall–Kier alpha value is -2.62. The van der Waals surface area contributed by atoms with Crippen LogP contribution < -0.4 is 5.32 Å². The van der Waals surface area contributed by atoms with E-state index in [-0.39, 0.29) is 23.9 Å². The molecular formula is C26H29NO3. The first kappa shape index (κ1) is 19.3. The first-order valence-electron chi connectivity index (χ1n) is 11.1. The minimum atomic E-state index is -0.427. The summed E-state index contributed by atoms with van der Waals surface area (Å²) in [6, 6.07) is 18.3. The second-order valence-electron chi connectivity index (χ2n) is 9.88. The van der Waals surface area contributed by atoms with Crippen molar-refractivity contribution in [2.75, 3.05) is 11.9 Å². The van der Waals surface area contributed by atoms with Gasteiger partial charge in [0.2, 0.25) is 0 Å². The topological polar surface area (TPSA) is 55.4 Å². The van der Waals surface area contributed by atoms with Gasteiger partial charge in [-0.1, -0.05) is 48.0 Å². The fraction of sp³-hybridized carbons (Fsp3) is 0.462. The zero-order valence-electron chi connectivity index (χ0n) is 17.5. The van der Waals surface area contributed by atoms with Gasteiger partial charge >= 0.3 is 5.97 Å². The molecule has 4 aliphatic rings. The number of carbonyl (C=O) groups excluding carboxylic acids is 2. The van der Waals surface area contributed by atoms with Crippen LogP contribution in [0.4, 0.5) is 5.69 Å². The van der Waals surface area contributed by atoms with Gasteiger partial charge < -0.3 is 10.1 Å². The minimum absolute atomic E-state index is 0.0918. The van der Waals surface area contributed by atoms with Gasteiger partial charge in [-0.25, -0.2) is 0 Å². The summed E-state index contributed by atoms with van der Waals surface area (Å²) in [6.45, 7) is 1.78. The molecule has 0 aromatic heterocycles. The Morgan fingerprint density at radius 2 is 1.63 bits per heavy atom. The number of hydrogen-bond donors (Lipinski definition) is 1. The molecule has 6 rings (SSSR count). The molecule has 4 heteroatoms. The van der Waals surface area contributed by atoms with Gasteiger partial charge in [-0.15, -0.1) is 0 Å². The van der Waals surface area contributed by atoms with Crippen LogP contribution in [0.15, 0.2) is 54.6 Å². The molecule has 0 radical (unpaired) electrons. The zero-order chi connectivity index (χ0) is 20.8. The average molecular weight is 404 g/mol. The van der Waals surface area contributed by atoms with Crippen LogP contribution in [0.25, 0.3) is 0 Å². The van der Waals surface area contributed by atoms with Crippen molar-refractivity contribution < 1.29 is 14.3 Å². The van der Waals surface area contributed by atoms with Gasteiger partial charge in [0.1, 0.15) is 0 Å². The predicted molar refractivity (Wildman–Crippen MR) is 116 cm³/mol. The highest BCUT2D eigenvalue weighted by molar-refractivity contribution is 5.93. The standard InChI is InChI=1S/C26H29NO3/c1-18-7-9-22(10-8-18)27-23(28)16-30-24(29)26-14-19-11-20(15-26)13-25(12-19,17-26)21-5-3-2-4-6-21/h2-10,19-20H,11-17H2,1H3,(H,27,28)/t19-,20-,25?,26?/m0/s1. The van der Waals surface area contributed by atoms with Crippen LogP contribution in [-0.4, -0.2) is 18.5 Å². The molecule has 0 aliphatic heterocycles. The number of benzene rings is 2. The van der Waals surface area contributed by atoms with Crippen LogP contribution in [0.2, 0.25) is 0 Å². The van der Waals surface area contributed by atoms with Gasteiger partial charge in [-0.3, -0.25) is 9.59 Å². The van der Waals surface area contributed by atoms with Gasteiger partial charge in [0.25, 0.3) is 5.91 Å². The van der Waals surface area contributed by atoms with E-state index in [0.29, 0.717) is 11.8 Å². The molecule has 0 unspecified atom stereocenters. The second-order valence-corrected chi connectivity index (χ2v) is 9.88. The Morgan fingerprint density at radius 1 is 0.967 bits per heavy atom. The molecule has 4 saturated carbocycles. The number of esters is 1. The lowest BCUT2D eigenvalue weighted by molar-refractivity contribution is -0.175.